The third-order valence-electron chi connectivity index (χ3n) is 3.62. The molecule has 0 aliphatic carbocycles. The summed E-state index contributed by atoms with van der Waals surface area (Å²) in [6.45, 7) is 4.03. The second-order valence-corrected chi connectivity index (χ2v) is 5.67. The van der Waals surface area contributed by atoms with Crippen LogP contribution in [0.2, 0.25) is 0 Å². The fourth-order valence-corrected chi connectivity index (χ4v) is 2.27. The molecule has 2 aromatic rings. The normalized spacial score (nSPS) is 10.5. The van der Waals surface area contributed by atoms with Crippen LogP contribution in [0.1, 0.15) is 35.7 Å². The van der Waals surface area contributed by atoms with Gasteiger partial charge < -0.3 is 11.1 Å². The van der Waals surface area contributed by atoms with Gasteiger partial charge in [-0.1, -0.05) is 26.0 Å². The Labute approximate surface area is 142 Å². The van der Waals surface area contributed by atoms with Crippen molar-refractivity contribution in [3.05, 3.63) is 67.8 Å². The molecule has 0 aliphatic rings. The topological polar surface area (TPSA) is 141 Å². The maximum Gasteiger partial charge on any atom is 0.300 e. The Kier molecular flexibility index (Phi) is 4.97. The summed E-state index contributed by atoms with van der Waals surface area (Å²) in [5.74, 6) is -0.688. The SMILES string of the molecule is CC(C)c1ccc(Nc2c([N+](=O)[O-])cc(C(N)=O)cc2[N+](=O)[O-])cc1. The van der Waals surface area contributed by atoms with Gasteiger partial charge in [-0.2, -0.15) is 0 Å². The lowest BCUT2D eigenvalue weighted by molar-refractivity contribution is -0.392. The first-order valence-corrected chi connectivity index (χ1v) is 7.34. The van der Waals surface area contributed by atoms with E-state index in [1.807, 2.05) is 26.0 Å². The fourth-order valence-electron chi connectivity index (χ4n) is 2.27. The van der Waals surface area contributed by atoms with Crippen LogP contribution >= 0.6 is 0 Å². The van der Waals surface area contributed by atoms with Crippen LogP contribution in [0.5, 0.6) is 0 Å². The maximum atomic E-state index is 11.3. The highest BCUT2D eigenvalue weighted by molar-refractivity contribution is 5.96. The van der Waals surface area contributed by atoms with E-state index in [1.165, 1.54) is 0 Å². The van der Waals surface area contributed by atoms with E-state index in [1.54, 1.807) is 12.1 Å². The second-order valence-electron chi connectivity index (χ2n) is 5.67. The van der Waals surface area contributed by atoms with Gasteiger partial charge in [-0.3, -0.25) is 25.0 Å². The Bertz CT molecular complexity index is 811. The lowest BCUT2D eigenvalue weighted by Crippen LogP contribution is -2.13. The van der Waals surface area contributed by atoms with Crippen molar-refractivity contribution in [2.24, 2.45) is 5.73 Å². The Morgan fingerprint density at radius 1 is 1.04 bits per heavy atom. The number of carbonyl (C=O) groups is 1. The molecule has 2 rings (SSSR count). The van der Waals surface area contributed by atoms with E-state index >= 15 is 0 Å². The van der Waals surface area contributed by atoms with Crippen LogP contribution in [0, 0.1) is 20.2 Å². The molecule has 0 spiro atoms. The largest absolute Gasteiger partial charge is 0.366 e. The van der Waals surface area contributed by atoms with Crippen LogP contribution < -0.4 is 11.1 Å². The molecule has 0 aliphatic heterocycles. The minimum absolute atomic E-state index is 0.299. The van der Waals surface area contributed by atoms with E-state index in [0.29, 0.717) is 11.6 Å². The molecule has 1 amide bonds. The van der Waals surface area contributed by atoms with E-state index in [2.05, 4.69) is 5.32 Å². The number of nitro groups is 2. The van der Waals surface area contributed by atoms with Crippen molar-refractivity contribution in [3.63, 3.8) is 0 Å². The zero-order valence-electron chi connectivity index (χ0n) is 13.6. The van der Waals surface area contributed by atoms with Gasteiger partial charge in [0, 0.05) is 17.8 Å². The molecule has 9 heteroatoms. The summed E-state index contributed by atoms with van der Waals surface area (Å²) in [4.78, 5) is 32.3. The van der Waals surface area contributed by atoms with E-state index in [9.17, 15) is 25.0 Å². The molecule has 0 fully saturated rings. The van der Waals surface area contributed by atoms with Crippen molar-refractivity contribution >= 4 is 28.7 Å². The molecule has 9 nitrogen and oxygen atoms in total. The standard InChI is InChI=1S/C16H16N4O5/c1-9(2)10-3-5-12(6-4-10)18-15-13(19(22)23)7-11(16(17)21)8-14(15)20(24)25/h3-9,18H,1-2H3,(H2,17,21). The monoisotopic (exact) mass is 344 g/mol. The summed E-state index contributed by atoms with van der Waals surface area (Å²) in [5.41, 5.74) is 4.78. The molecule has 130 valence electrons. The highest BCUT2D eigenvalue weighted by atomic mass is 16.6. The summed E-state index contributed by atoms with van der Waals surface area (Å²) >= 11 is 0. The maximum absolute atomic E-state index is 11.3. The van der Waals surface area contributed by atoms with Gasteiger partial charge in [0.25, 0.3) is 0 Å². The minimum atomic E-state index is -0.987. The number of nitrogens with zero attached hydrogens (tertiary/aromatic N) is 2. The van der Waals surface area contributed by atoms with Gasteiger partial charge in [0.1, 0.15) is 0 Å². The average molecular weight is 344 g/mol. The number of hydrogen-bond donors (Lipinski definition) is 2. The summed E-state index contributed by atoms with van der Waals surface area (Å²) in [7, 11) is 0. The van der Waals surface area contributed by atoms with Crippen molar-refractivity contribution in [1.82, 2.24) is 0 Å². The highest BCUT2D eigenvalue weighted by Gasteiger charge is 2.28. The first-order valence-electron chi connectivity index (χ1n) is 7.34. The van der Waals surface area contributed by atoms with Gasteiger partial charge in [-0.25, -0.2) is 0 Å². The van der Waals surface area contributed by atoms with Gasteiger partial charge in [0.2, 0.25) is 5.91 Å². The number of carbonyl (C=O) groups excluding carboxylic acids is 1. The van der Waals surface area contributed by atoms with E-state index in [4.69, 9.17) is 5.73 Å². The van der Waals surface area contributed by atoms with Crippen LogP contribution in [0.3, 0.4) is 0 Å². The predicted octanol–water partition coefficient (Wildman–Crippen LogP) is 3.47. The first-order chi connectivity index (χ1) is 11.7. The predicted molar refractivity (Wildman–Crippen MR) is 92.1 cm³/mol. The van der Waals surface area contributed by atoms with E-state index < -0.39 is 27.1 Å². The second kappa shape index (κ2) is 6.95. The Morgan fingerprint density at radius 3 is 1.88 bits per heavy atom. The Balaban J connectivity index is 2.56. The third kappa shape index (κ3) is 3.89. The molecule has 2 aromatic carbocycles. The smallest absolute Gasteiger partial charge is 0.300 e. The summed E-state index contributed by atoms with van der Waals surface area (Å²) in [6, 6.07) is 8.82. The molecule has 0 unspecified atom stereocenters. The molecular weight excluding hydrogens is 328 g/mol. The van der Waals surface area contributed by atoms with Gasteiger partial charge in [0.15, 0.2) is 5.69 Å². The van der Waals surface area contributed by atoms with Crippen molar-refractivity contribution < 1.29 is 14.6 Å². The summed E-state index contributed by atoms with van der Waals surface area (Å²) in [6.07, 6.45) is 0. The van der Waals surface area contributed by atoms with E-state index in [0.717, 1.165) is 17.7 Å². The lowest BCUT2D eigenvalue weighted by atomic mass is 10.0. The molecule has 0 atom stereocenters. The number of primary amides is 1. The summed E-state index contributed by atoms with van der Waals surface area (Å²) in [5, 5.41) is 25.3. The number of rotatable bonds is 6. The van der Waals surface area contributed by atoms with Crippen molar-refractivity contribution in [2.45, 2.75) is 19.8 Å². The number of benzene rings is 2. The third-order valence-corrected chi connectivity index (χ3v) is 3.62. The zero-order valence-corrected chi connectivity index (χ0v) is 13.6. The number of nitro benzene ring substituents is 2. The molecule has 0 saturated carbocycles. The Hall–Kier alpha value is -3.49. The molecule has 25 heavy (non-hydrogen) atoms. The zero-order chi connectivity index (χ0) is 18.7. The molecular formula is C16H16N4O5. The molecule has 0 bridgehead atoms. The van der Waals surface area contributed by atoms with Gasteiger partial charge >= 0.3 is 11.4 Å². The number of anilines is 2. The number of hydrogen-bond acceptors (Lipinski definition) is 6. The number of amides is 1. The molecule has 0 radical (unpaired) electrons. The van der Waals surface area contributed by atoms with Gasteiger partial charge in [-0.15, -0.1) is 0 Å². The van der Waals surface area contributed by atoms with Crippen LogP contribution in [-0.2, 0) is 0 Å². The molecule has 0 heterocycles. The number of nitrogens with two attached hydrogens (primary N) is 1. The van der Waals surface area contributed by atoms with Gasteiger partial charge in [0.05, 0.1) is 15.4 Å². The first kappa shape index (κ1) is 17.9. The number of nitrogens with one attached hydrogen (secondary N) is 1. The Morgan fingerprint density at radius 2 is 1.52 bits per heavy atom. The lowest BCUT2D eigenvalue weighted by Gasteiger charge is -2.11. The molecule has 0 saturated heterocycles. The average Bonchev–Trinajstić information content (AvgIpc) is 2.54. The molecule has 3 N–H and O–H groups in total. The quantitative estimate of drug-likeness (QED) is 0.607. The van der Waals surface area contributed by atoms with Gasteiger partial charge in [-0.05, 0) is 23.6 Å². The highest BCUT2D eigenvalue weighted by Crippen LogP contribution is 2.37. The van der Waals surface area contributed by atoms with E-state index in [-0.39, 0.29) is 11.3 Å². The fraction of sp³-hybridized carbons (Fsp3) is 0.188. The van der Waals surface area contributed by atoms with Crippen LogP contribution in [0.25, 0.3) is 0 Å². The van der Waals surface area contributed by atoms with Crippen molar-refractivity contribution in [1.29, 1.82) is 0 Å². The van der Waals surface area contributed by atoms with Crippen molar-refractivity contribution in [2.75, 3.05) is 5.32 Å². The van der Waals surface area contributed by atoms with Crippen LogP contribution in [0.15, 0.2) is 36.4 Å². The van der Waals surface area contributed by atoms with Crippen molar-refractivity contribution in [3.8, 4) is 0 Å². The van der Waals surface area contributed by atoms with Crippen LogP contribution in [0.4, 0.5) is 22.7 Å². The summed E-state index contributed by atoms with van der Waals surface area (Å²) < 4.78 is 0. The minimum Gasteiger partial charge on any atom is -0.366 e. The molecule has 0 aromatic heterocycles. The van der Waals surface area contributed by atoms with Crippen LogP contribution in [-0.4, -0.2) is 15.8 Å².